The van der Waals surface area contributed by atoms with Gasteiger partial charge < -0.3 is 9.88 Å². The van der Waals surface area contributed by atoms with Crippen molar-refractivity contribution in [2.24, 2.45) is 0 Å². The van der Waals surface area contributed by atoms with Gasteiger partial charge in [0.15, 0.2) is 0 Å². The molecule has 2 heterocycles. The largest absolute Gasteiger partial charge is 0.354 e. The van der Waals surface area contributed by atoms with Crippen molar-refractivity contribution in [1.82, 2.24) is 19.5 Å². The molecule has 146 valence electrons. The number of hydrogen-bond donors (Lipinski definition) is 1. The molecule has 1 N–H and O–H groups in total. The molecular formula is C23H22N4O2. The highest BCUT2D eigenvalue weighted by molar-refractivity contribution is 5.76. The van der Waals surface area contributed by atoms with Crippen molar-refractivity contribution in [3.63, 3.8) is 0 Å². The lowest BCUT2D eigenvalue weighted by Crippen LogP contribution is -2.33. The van der Waals surface area contributed by atoms with E-state index in [1.165, 1.54) is 4.57 Å². The van der Waals surface area contributed by atoms with Gasteiger partial charge in [0.05, 0.1) is 5.69 Å². The molecule has 1 amide bonds. The Morgan fingerprint density at radius 3 is 2.55 bits per heavy atom. The molecule has 0 bridgehead atoms. The maximum Gasteiger partial charge on any atom is 0.277 e. The summed E-state index contributed by atoms with van der Waals surface area (Å²) in [5, 5.41) is 7.35. The number of nitrogens with zero attached hydrogens (tertiary/aromatic N) is 3. The maximum absolute atomic E-state index is 12.8. The van der Waals surface area contributed by atoms with Crippen LogP contribution < -0.4 is 10.9 Å². The Morgan fingerprint density at radius 1 is 1.03 bits per heavy atom. The van der Waals surface area contributed by atoms with E-state index < -0.39 is 0 Å². The average molecular weight is 386 g/mol. The number of amides is 1. The van der Waals surface area contributed by atoms with Crippen LogP contribution >= 0.6 is 0 Å². The summed E-state index contributed by atoms with van der Waals surface area (Å²) >= 11 is 0. The van der Waals surface area contributed by atoms with E-state index in [-0.39, 0.29) is 18.0 Å². The number of fused-ring (bicyclic) bond motifs is 1. The Balaban J connectivity index is 1.46. The quantitative estimate of drug-likeness (QED) is 0.554. The summed E-state index contributed by atoms with van der Waals surface area (Å²) in [4.78, 5) is 25.0. The second-order valence-electron chi connectivity index (χ2n) is 7.04. The Labute approximate surface area is 168 Å². The van der Waals surface area contributed by atoms with Gasteiger partial charge in [-0.15, -0.1) is 0 Å². The lowest BCUT2D eigenvalue weighted by Gasteiger charge is -2.07. The van der Waals surface area contributed by atoms with Crippen molar-refractivity contribution in [3.8, 4) is 11.3 Å². The van der Waals surface area contributed by atoms with Crippen LogP contribution in [0.4, 0.5) is 0 Å². The standard InChI is InChI=1S/C23H22N4O2/c1-17-7-9-19(10-8-17)20-15-21-23(29)26(13-14-27(21)25-20)16-22(28)24-12-11-18-5-3-2-4-6-18/h2-10,13-15H,11-12,16H2,1H3,(H,24,28). The molecule has 0 aliphatic rings. The molecule has 29 heavy (non-hydrogen) atoms. The van der Waals surface area contributed by atoms with Gasteiger partial charge in [-0.1, -0.05) is 60.2 Å². The van der Waals surface area contributed by atoms with Crippen LogP contribution in [0, 0.1) is 6.92 Å². The van der Waals surface area contributed by atoms with Crippen LogP contribution in [0.2, 0.25) is 0 Å². The highest BCUT2D eigenvalue weighted by atomic mass is 16.2. The second-order valence-corrected chi connectivity index (χ2v) is 7.04. The van der Waals surface area contributed by atoms with Gasteiger partial charge in [-0.3, -0.25) is 9.59 Å². The summed E-state index contributed by atoms with van der Waals surface area (Å²) in [5.41, 5.74) is 4.21. The number of nitrogens with one attached hydrogen (secondary N) is 1. The Morgan fingerprint density at radius 2 is 1.79 bits per heavy atom. The van der Waals surface area contributed by atoms with Crippen LogP contribution in [-0.2, 0) is 17.8 Å². The molecule has 0 spiro atoms. The van der Waals surface area contributed by atoms with Crippen LogP contribution in [0.25, 0.3) is 16.8 Å². The molecular weight excluding hydrogens is 364 g/mol. The van der Waals surface area contributed by atoms with Crippen LogP contribution in [0.15, 0.2) is 77.9 Å². The van der Waals surface area contributed by atoms with Crippen LogP contribution in [-0.4, -0.2) is 26.6 Å². The van der Waals surface area contributed by atoms with Gasteiger partial charge in [-0.05, 0) is 25.0 Å². The van der Waals surface area contributed by atoms with Crippen molar-refractivity contribution < 1.29 is 4.79 Å². The molecule has 0 saturated heterocycles. The second kappa shape index (κ2) is 8.14. The first-order chi connectivity index (χ1) is 14.1. The highest BCUT2D eigenvalue weighted by Gasteiger charge is 2.11. The Bertz CT molecular complexity index is 1190. The predicted molar refractivity (Wildman–Crippen MR) is 113 cm³/mol. The fourth-order valence-electron chi connectivity index (χ4n) is 3.22. The van der Waals surface area contributed by atoms with Crippen molar-refractivity contribution >= 4 is 11.4 Å². The van der Waals surface area contributed by atoms with E-state index >= 15 is 0 Å². The molecule has 0 unspecified atom stereocenters. The summed E-state index contributed by atoms with van der Waals surface area (Å²) in [5.74, 6) is -0.189. The topological polar surface area (TPSA) is 68.4 Å². The predicted octanol–water partition coefficient (Wildman–Crippen LogP) is 2.83. The number of hydrogen-bond acceptors (Lipinski definition) is 3. The monoisotopic (exact) mass is 386 g/mol. The SMILES string of the molecule is Cc1ccc(-c2cc3c(=O)n(CC(=O)NCCc4ccccc4)ccn3n2)cc1. The summed E-state index contributed by atoms with van der Waals surface area (Å²) in [7, 11) is 0. The van der Waals surface area contributed by atoms with Crippen LogP contribution in [0.3, 0.4) is 0 Å². The first-order valence-electron chi connectivity index (χ1n) is 9.57. The van der Waals surface area contributed by atoms with Crippen molar-refractivity contribution in [1.29, 1.82) is 0 Å². The van der Waals surface area contributed by atoms with E-state index in [2.05, 4.69) is 10.4 Å². The first-order valence-corrected chi connectivity index (χ1v) is 9.57. The number of aromatic nitrogens is 3. The molecule has 0 fully saturated rings. The van der Waals surface area contributed by atoms with Gasteiger partial charge in [0, 0.05) is 24.5 Å². The minimum atomic E-state index is -0.239. The minimum absolute atomic E-state index is 0.0187. The normalized spacial score (nSPS) is 10.9. The summed E-state index contributed by atoms with van der Waals surface area (Å²) in [6.45, 7) is 2.54. The third-order valence-corrected chi connectivity index (χ3v) is 4.84. The molecule has 0 radical (unpaired) electrons. The molecule has 4 rings (SSSR count). The summed E-state index contributed by atoms with van der Waals surface area (Å²) < 4.78 is 2.97. The zero-order chi connectivity index (χ0) is 20.2. The molecule has 2 aromatic heterocycles. The lowest BCUT2D eigenvalue weighted by atomic mass is 10.1. The molecule has 4 aromatic rings. The average Bonchev–Trinajstić information content (AvgIpc) is 3.17. The zero-order valence-electron chi connectivity index (χ0n) is 16.2. The highest BCUT2D eigenvalue weighted by Crippen LogP contribution is 2.18. The van der Waals surface area contributed by atoms with Gasteiger partial charge in [0.2, 0.25) is 5.91 Å². The van der Waals surface area contributed by atoms with Gasteiger partial charge in [-0.25, -0.2) is 4.52 Å². The van der Waals surface area contributed by atoms with Gasteiger partial charge >= 0.3 is 0 Å². The number of carbonyl (C=O) groups is 1. The molecule has 6 nitrogen and oxygen atoms in total. The van der Waals surface area contributed by atoms with Crippen molar-refractivity contribution in [2.45, 2.75) is 19.9 Å². The van der Waals surface area contributed by atoms with Crippen molar-refractivity contribution in [3.05, 3.63) is 94.5 Å². The first kappa shape index (κ1) is 18.7. The fraction of sp³-hybridized carbons (Fsp3) is 0.174. The molecule has 0 atom stereocenters. The Kier molecular flexibility index (Phi) is 5.24. The van der Waals surface area contributed by atoms with E-state index in [0.29, 0.717) is 12.1 Å². The summed E-state index contributed by atoms with van der Waals surface area (Å²) in [6.07, 6.45) is 4.05. The lowest BCUT2D eigenvalue weighted by molar-refractivity contribution is -0.121. The minimum Gasteiger partial charge on any atom is -0.354 e. The molecule has 2 aromatic carbocycles. The molecule has 0 aliphatic heterocycles. The van der Waals surface area contributed by atoms with Gasteiger partial charge in [0.1, 0.15) is 12.1 Å². The third-order valence-electron chi connectivity index (χ3n) is 4.84. The van der Waals surface area contributed by atoms with E-state index in [1.807, 2.05) is 61.5 Å². The van der Waals surface area contributed by atoms with Crippen LogP contribution in [0.1, 0.15) is 11.1 Å². The number of benzene rings is 2. The van der Waals surface area contributed by atoms with Gasteiger partial charge in [0.25, 0.3) is 5.56 Å². The van der Waals surface area contributed by atoms with Crippen LogP contribution in [0.5, 0.6) is 0 Å². The third kappa shape index (κ3) is 4.27. The summed E-state index contributed by atoms with van der Waals surface area (Å²) in [6, 6.07) is 19.7. The number of carbonyl (C=O) groups excluding carboxylic acids is 1. The van der Waals surface area contributed by atoms with Gasteiger partial charge in [-0.2, -0.15) is 5.10 Å². The fourth-order valence-corrected chi connectivity index (χ4v) is 3.22. The number of aryl methyl sites for hydroxylation is 1. The maximum atomic E-state index is 12.8. The molecule has 6 heteroatoms. The zero-order valence-corrected chi connectivity index (χ0v) is 16.2. The molecule has 0 aliphatic carbocycles. The molecule has 0 saturated carbocycles. The van der Waals surface area contributed by atoms with E-state index in [1.54, 1.807) is 23.0 Å². The number of rotatable bonds is 6. The van der Waals surface area contributed by atoms with E-state index in [4.69, 9.17) is 0 Å². The van der Waals surface area contributed by atoms with E-state index in [9.17, 15) is 9.59 Å². The van der Waals surface area contributed by atoms with E-state index in [0.717, 1.165) is 28.8 Å². The van der Waals surface area contributed by atoms with Crippen molar-refractivity contribution in [2.75, 3.05) is 6.54 Å². The Hall–Kier alpha value is -3.67. The smallest absolute Gasteiger partial charge is 0.277 e.